The van der Waals surface area contributed by atoms with Crippen LogP contribution in [0, 0.1) is 12.3 Å². The van der Waals surface area contributed by atoms with Crippen LogP contribution in [0.25, 0.3) is 6.08 Å². The van der Waals surface area contributed by atoms with Gasteiger partial charge in [0.2, 0.25) is 12.7 Å². The van der Waals surface area contributed by atoms with Gasteiger partial charge in [-0.05, 0) is 23.8 Å². The van der Waals surface area contributed by atoms with Crippen LogP contribution in [0.1, 0.15) is 5.56 Å². The number of anilines is 2. The molecular formula is C18H16N4O5. The lowest BCUT2D eigenvalue weighted by atomic mass is 10.2. The fraction of sp³-hybridized carbons (Fsp3) is 0.167. The first-order valence-corrected chi connectivity index (χ1v) is 7.84. The third-order valence-electron chi connectivity index (χ3n) is 3.92. The Morgan fingerprint density at radius 1 is 1.37 bits per heavy atom. The van der Waals surface area contributed by atoms with E-state index in [1.807, 2.05) is 0 Å². The molecule has 1 aromatic carbocycles. The largest absolute Gasteiger partial charge is 0.454 e. The van der Waals surface area contributed by atoms with E-state index < -0.39 is 17.2 Å². The second-order valence-corrected chi connectivity index (χ2v) is 5.63. The van der Waals surface area contributed by atoms with Crippen LogP contribution in [-0.2, 0) is 18.4 Å². The smallest absolute Gasteiger partial charge is 0.333 e. The van der Waals surface area contributed by atoms with Crippen LogP contribution in [0.2, 0.25) is 0 Å². The predicted octanol–water partition coefficient (Wildman–Crippen LogP) is 0.143. The van der Waals surface area contributed by atoms with E-state index in [1.54, 1.807) is 18.2 Å². The summed E-state index contributed by atoms with van der Waals surface area (Å²) in [6.45, 7) is -0.0827. The van der Waals surface area contributed by atoms with Crippen molar-refractivity contribution >= 4 is 23.5 Å². The molecule has 3 rings (SSSR count). The number of amides is 1. The van der Waals surface area contributed by atoms with Crippen LogP contribution in [-0.4, -0.2) is 21.8 Å². The van der Waals surface area contributed by atoms with Gasteiger partial charge in [-0.3, -0.25) is 14.2 Å². The number of aromatic nitrogens is 2. The molecule has 27 heavy (non-hydrogen) atoms. The van der Waals surface area contributed by atoms with Crippen molar-refractivity contribution in [2.24, 2.45) is 7.05 Å². The lowest BCUT2D eigenvalue weighted by molar-refractivity contribution is -0.111. The summed E-state index contributed by atoms with van der Waals surface area (Å²) in [6, 6.07) is 5.19. The number of fused-ring (bicyclic) bond motifs is 1. The van der Waals surface area contributed by atoms with Gasteiger partial charge in [0, 0.05) is 13.1 Å². The topological polar surface area (TPSA) is 118 Å². The normalized spacial score (nSPS) is 12.1. The van der Waals surface area contributed by atoms with Crippen LogP contribution < -0.4 is 31.8 Å². The number of ether oxygens (including phenoxy) is 2. The van der Waals surface area contributed by atoms with Crippen molar-refractivity contribution < 1.29 is 14.3 Å². The van der Waals surface area contributed by atoms with Gasteiger partial charge in [-0.1, -0.05) is 12.0 Å². The highest BCUT2D eigenvalue weighted by atomic mass is 16.7. The molecule has 0 saturated heterocycles. The average Bonchev–Trinajstić information content (AvgIpc) is 3.13. The molecule has 1 aliphatic heterocycles. The third kappa shape index (κ3) is 3.41. The summed E-state index contributed by atoms with van der Waals surface area (Å²) in [5.74, 6) is 2.67. The van der Waals surface area contributed by atoms with Gasteiger partial charge in [0.15, 0.2) is 11.5 Å². The first-order chi connectivity index (χ1) is 12.9. The van der Waals surface area contributed by atoms with Crippen molar-refractivity contribution in [1.82, 2.24) is 9.13 Å². The lowest BCUT2D eigenvalue weighted by Crippen LogP contribution is -2.41. The van der Waals surface area contributed by atoms with Gasteiger partial charge in [-0.25, -0.2) is 9.36 Å². The van der Waals surface area contributed by atoms with Gasteiger partial charge in [0.05, 0.1) is 6.54 Å². The summed E-state index contributed by atoms with van der Waals surface area (Å²) >= 11 is 0. The van der Waals surface area contributed by atoms with Crippen molar-refractivity contribution in [3.63, 3.8) is 0 Å². The van der Waals surface area contributed by atoms with Gasteiger partial charge in [-0.2, -0.15) is 0 Å². The Morgan fingerprint density at radius 3 is 2.85 bits per heavy atom. The number of nitrogen functional groups attached to an aromatic ring is 1. The molecule has 9 heteroatoms. The van der Waals surface area contributed by atoms with Crippen LogP contribution in [0.5, 0.6) is 11.5 Å². The molecule has 0 atom stereocenters. The van der Waals surface area contributed by atoms with Crippen LogP contribution in [0.4, 0.5) is 11.5 Å². The second kappa shape index (κ2) is 7.13. The number of terminal acetylenes is 1. The summed E-state index contributed by atoms with van der Waals surface area (Å²) in [5, 5.41) is 2.40. The van der Waals surface area contributed by atoms with Gasteiger partial charge in [0.1, 0.15) is 11.5 Å². The summed E-state index contributed by atoms with van der Waals surface area (Å²) in [5.41, 5.74) is 4.85. The maximum Gasteiger partial charge on any atom is 0.333 e. The van der Waals surface area contributed by atoms with Gasteiger partial charge in [0.25, 0.3) is 5.56 Å². The van der Waals surface area contributed by atoms with Gasteiger partial charge >= 0.3 is 5.69 Å². The summed E-state index contributed by atoms with van der Waals surface area (Å²) in [7, 11) is 1.38. The molecule has 9 nitrogen and oxygen atoms in total. The van der Waals surface area contributed by atoms with E-state index in [0.717, 1.165) is 9.13 Å². The molecule has 1 aromatic heterocycles. The van der Waals surface area contributed by atoms with Gasteiger partial charge in [-0.15, -0.1) is 6.42 Å². The third-order valence-corrected chi connectivity index (χ3v) is 3.92. The molecule has 2 heterocycles. The SMILES string of the molecule is C#CCn1c(=O)c(NC(=O)/C=C/c2ccc3c(c2)OCO3)c(N)n(C)c1=O. The molecule has 3 N–H and O–H groups in total. The monoisotopic (exact) mass is 368 g/mol. The molecule has 2 aromatic rings. The highest BCUT2D eigenvalue weighted by Crippen LogP contribution is 2.32. The van der Waals surface area contributed by atoms with Gasteiger partial charge < -0.3 is 20.5 Å². The Hall–Kier alpha value is -3.93. The average molecular weight is 368 g/mol. The first-order valence-electron chi connectivity index (χ1n) is 7.84. The number of nitrogens with one attached hydrogen (secondary N) is 1. The minimum absolute atomic E-state index is 0.152. The van der Waals surface area contributed by atoms with Crippen molar-refractivity contribution in [3.8, 4) is 23.8 Å². The maximum atomic E-state index is 12.4. The van der Waals surface area contributed by atoms with Crippen molar-refractivity contribution in [3.05, 3.63) is 50.7 Å². The zero-order valence-corrected chi connectivity index (χ0v) is 14.4. The lowest BCUT2D eigenvalue weighted by Gasteiger charge is -2.12. The number of nitrogens with two attached hydrogens (primary N) is 1. The number of hydrogen-bond donors (Lipinski definition) is 2. The highest BCUT2D eigenvalue weighted by molar-refractivity contribution is 6.03. The number of benzene rings is 1. The predicted molar refractivity (Wildman–Crippen MR) is 99.4 cm³/mol. The molecular weight excluding hydrogens is 352 g/mol. The zero-order valence-electron chi connectivity index (χ0n) is 14.4. The summed E-state index contributed by atoms with van der Waals surface area (Å²) in [6.07, 6.45) is 7.95. The Bertz CT molecular complexity index is 1100. The number of hydrogen-bond acceptors (Lipinski definition) is 6. The van der Waals surface area contributed by atoms with E-state index in [2.05, 4.69) is 11.2 Å². The maximum absolute atomic E-state index is 12.4. The van der Waals surface area contributed by atoms with Crippen molar-refractivity contribution in [2.75, 3.05) is 17.8 Å². The number of nitrogens with zero attached hydrogens (tertiary/aromatic N) is 2. The molecule has 0 unspecified atom stereocenters. The fourth-order valence-electron chi connectivity index (χ4n) is 2.48. The van der Waals surface area contributed by atoms with E-state index in [4.69, 9.17) is 21.6 Å². The second-order valence-electron chi connectivity index (χ2n) is 5.63. The fourth-order valence-corrected chi connectivity index (χ4v) is 2.48. The van der Waals surface area contributed by atoms with E-state index in [-0.39, 0.29) is 24.8 Å². The molecule has 0 spiro atoms. The molecule has 0 bridgehead atoms. The zero-order chi connectivity index (χ0) is 19.6. The minimum atomic E-state index is -0.765. The number of rotatable bonds is 4. The van der Waals surface area contributed by atoms with Crippen LogP contribution in [0.15, 0.2) is 33.9 Å². The molecule has 0 fully saturated rings. The first kappa shape index (κ1) is 17.9. The molecule has 1 aliphatic rings. The standard InChI is InChI=1S/C18H16N4O5/c1-3-8-22-17(24)15(16(19)21(2)18(22)25)20-14(23)7-5-11-4-6-12-13(9-11)27-10-26-12/h1,4-7,9H,8,10,19H2,2H3,(H,20,23)/b7-5+. The summed E-state index contributed by atoms with van der Waals surface area (Å²) < 4.78 is 12.3. The Labute approximate surface area is 153 Å². The van der Waals surface area contributed by atoms with E-state index in [9.17, 15) is 14.4 Å². The molecule has 138 valence electrons. The van der Waals surface area contributed by atoms with Crippen LogP contribution >= 0.6 is 0 Å². The molecule has 0 aliphatic carbocycles. The summed E-state index contributed by atoms with van der Waals surface area (Å²) in [4.78, 5) is 36.6. The minimum Gasteiger partial charge on any atom is -0.454 e. The highest BCUT2D eigenvalue weighted by Gasteiger charge is 2.16. The molecule has 0 radical (unpaired) electrons. The van der Waals surface area contributed by atoms with E-state index in [0.29, 0.717) is 17.1 Å². The van der Waals surface area contributed by atoms with Crippen molar-refractivity contribution in [2.45, 2.75) is 6.54 Å². The number of carbonyl (C=O) groups is 1. The Kier molecular flexibility index (Phi) is 4.72. The van der Waals surface area contributed by atoms with E-state index in [1.165, 1.54) is 19.2 Å². The van der Waals surface area contributed by atoms with E-state index >= 15 is 0 Å². The quantitative estimate of drug-likeness (QED) is 0.586. The van der Waals surface area contributed by atoms with Crippen LogP contribution in [0.3, 0.4) is 0 Å². The Balaban J connectivity index is 1.85. The molecule has 0 saturated carbocycles. The Morgan fingerprint density at radius 2 is 2.11 bits per heavy atom. The van der Waals surface area contributed by atoms with Crippen molar-refractivity contribution in [1.29, 1.82) is 0 Å². The molecule has 1 amide bonds. The number of carbonyl (C=O) groups excluding carboxylic acids is 1.